The van der Waals surface area contributed by atoms with E-state index in [4.69, 9.17) is 4.74 Å². The maximum atomic E-state index is 13.2. The molecule has 5 rings (SSSR count). The molecule has 0 aliphatic heterocycles. The van der Waals surface area contributed by atoms with Gasteiger partial charge in [-0.15, -0.1) is 0 Å². The Morgan fingerprint density at radius 3 is 2.57 bits per heavy atom. The van der Waals surface area contributed by atoms with Crippen LogP contribution in [0, 0.1) is 40.4 Å². The summed E-state index contributed by atoms with van der Waals surface area (Å²) in [7, 11) is 1.75. The SMILES string of the molecule is CO[C@H]1C[C@@]2(C)[C@@H](CC[C@@H]3[C@@H]2CC[C@]2(C)C(C(=O)Cn4nccn4)CC[C@@H]32)C[C@@H]1O. The normalized spacial score (nSPS) is 47.9. The zero-order chi connectivity index (χ0) is 21.1. The molecule has 6 nitrogen and oxygen atoms in total. The van der Waals surface area contributed by atoms with Crippen molar-refractivity contribution in [3.63, 3.8) is 0 Å². The maximum absolute atomic E-state index is 13.2. The highest BCUT2D eigenvalue weighted by atomic mass is 16.5. The summed E-state index contributed by atoms with van der Waals surface area (Å²) < 4.78 is 5.69. The number of rotatable bonds is 4. The molecule has 4 fully saturated rings. The average Bonchev–Trinajstić information content (AvgIpc) is 3.34. The number of aromatic nitrogens is 3. The van der Waals surface area contributed by atoms with E-state index in [2.05, 4.69) is 24.0 Å². The number of ketones is 1. The van der Waals surface area contributed by atoms with Crippen molar-refractivity contribution in [2.24, 2.45) is 40.4 Å². The number of nitrogens with zero attached hydrogens (tertiary/aromatic N) is 3. The van der Waals surface area contributed by atoms with E-state index in [-0.39, 0.29) is 29.0 Å². The largest absolute Gasteiger partial charge is 0.390 e. The lowest BCUT2D eigenvalue weighted by molar-refractivity contribution is -0.167. The lowest BCUT2D eigenvalue weighted by atomic mass is 9.44. The van der Waals surface area contributed by atoms with Crippen molar-refractivity contribution in [3.8, 4) is 0 Å². The molecule has 4 saturated carbocycles. The van der Waals surface area contributed by atoms with Gasteiger partial charge in [0.2, 0.25) is 0 Å². The fourth-order valence-electron chi connectivity index (χ4n) is 8.60. The molecule has 1 N–H and O–H groups in total. The first-order chi connectivity index (χ1) is 14.4. The predicted molar refractivity (Wildman–Crippen MR) is 112 cm³/mol. The molecule has 1 aromatic heterocycles. The minimum atomic E-state index is -0.317. The molecule has 1 heterocycles. The van der Waals surface area contributed by atoms with Crippen LogP contribution in [0.1, 0.15) is 65.2 Å². The van der Waals surface area contributed by atoms with Crippen LogP contribution in [0.3, 0.4) is 0 Å². The quantitative estimate of drug-likeness (QED) is 0.814. The van der Waals surface area contributed by atoms with Crippen molar-refractivity contribution >= 4 is 5.78 Å². The second kappa shape index (κ2) is 7.40. The molecule has 9 atom stereocenters. The van der Waals surface area contributed by atoms with Crippen LogP contribution >= 0.6 is 0 Å². The van der Waals surface area contributed by atoms with E-state index in [1.807, 2.05) is 0 Å². The number of methoxy groups -OCH3 is 1. The van der Waals surface area contributed by atoms with Crippen LogP contribution in [0.4, 0.5) is 0 Å². The predicted octanol–water partition coefficient (Wildman–Crippen LogP) is 3.49. The molecule has 0 aromatic carbocycles. The van der Waals surface area contributed by atoms with Gasteiger partial charge in [0, 0.05) is 13.0 Å². The third-order valence-electron chi connectivity index (χ3n) is 10.1. The van der Waals surface area contributed by atoms with Crippen molar-refractivity contribution in [3.05, 3.63) is 12.4 Å². The van der Waals surface area contributed by atoms with Gasteiger partial charge >= 0.3 is 0 Å². The van der Waals surface area contributed by atoms with Crippen LogP contribution in [-0.2, 0) is 16.1 Å². The van der Waals surface area contributed by atoms with Crippen LogP contribution in [0.25, 0.3) is 0 Å². The van der Waals surface area contributed by atoms with Gasteiger partial charge in [0.05, 0.1) is 24.6 Å². The summed E-state index contributed by atoms with van der Waals surface area (Å²) in [5, 5.41) is 18.8. The molecule has 1 aromatic rings. The minimum Gasteiger partial charge on any atom is -0.390 e. The van der Waals surface area contributed by atoms with Crippen LogP contribution in [0.2, 0.25) is 0 Å². The van der Waals surface area contributed by atoms with Gasteiger partial charge in [-0.1, -0.05) is 13.8 Å². The Morgan fingerprint density at radius 1 is 1.10 bits per heavy atom. The lowest BCUT2D eigenvalue weighted by Crippen LogP contribution is -2.57. The molecule has 4 aliphatic rings. The molecule has 0 bridgehead atoms. The Balaban J connectivity index is 1.36. The van der Waals surface area contributed by atoms with E-state index in [0.29, 0.717) is 36.0 Å². The third-order valence-corrected chi connectivity index (χ3v) is 10.1. The number of fused-ring (bicyclic) bond motifs is 5. The first-order valence-corrected chi connectivity index (χ1v) is 11.9. The van der Waals surface area contributed by atoms with Gasteiger partial charge in [0.15, 0.2) is 5.78 Å². The number of hydrogen-bond donors (Lipinski definition) is 1. The summed E-state index contributed by atoms with van der Waals surface area (Å²) in [6.07, 6.45) is 11.8. The van der Waals surface area contributed by atoms with Gasteiger partial charge in [-0.05, 0) is 85.9 Å². The third kappa shape index (κ3) is 3.01. The maximum Gasteiger partial charge on any atom is 0.159 e. The van der Waals surface area contributed by atoms with E-state index in [1.165, 1.54) is 30.5 Å². The number of Topliss-reactive ketones (excluding diaryl/α,β-unsaturated/α-hetero) is 1. The summed E-state index contributed by atoms with van der Waals surface area (Å²) in [4.78, 5) is 14.7. The zero-order valence-electron chi connectivity index (χ0n) is 18.7. The monoisotopic (exact) mass is 415 g/mol. The van der Waals surface area contributed by atoms with E-state index in [9.17, 15) is 9.90 Å². The van der Waals surface area contributed by atoms with Crippen molar-refractivity contribution in [2.45, 2.75) is 84.0 Å². The van der Waals surface area contributed by atoms with Gasteiger partial charge in [-0.2, -0.15) is 15.0 Å². The topological polar surface area (TPSA) is 77.2 Å². The molecule has 0 saturated heterocycles. The van der Waals surface area contributed by atoms with Gasteiger partial charge in [-0.3, -0.25) is 4.79 Å². The van der Waals surface area contributed by atoms with Crippen molar-refractivity contribution in [1.82, 2.24) is 15.0 Å². The average molecular weight is 416 g/mol. The van der Waals surface area contributed by atoms with Crippen LogP contribution in [0.15, 0.2) is 12.4 Å². The second-order valence-corrected chi connectivity index (χ2v) is 11.1. The standard InChI is InChI=1S/C24H37N3O3/c1-23-9-8-18-16(5-4-15-12-20(28)22(30-3)13-24(15,18)2)17(23)6-7-19(23)21(29)14-27-25-10-11-26-27/h10-11,15-20,22,28H,4-9,12-14H2,1-3H3/t15-,16-,17-,18-,19?,20-,22-,23-,24-/m0/s1. The molecule has 30 heavy (non-hydrogen) atoms. The first-order valence-electron chi connectivity index (χ1n) is 11.9. The summed E-state index contributed by atoms with van der Waals surface area (Å²) in [6, 6.07) is 0. The molecular weight excluding hydrogens is 378 g/mol. The highest BCUT2D eigenvalue weighted by Crippen LogP contribution is 2.67. The second-order valence-electron chi connectivity index (χ2n) is 11.1. The molecule has 166 valence electrons. The summed E-state index contributed by atoms with van der Waals surface area (Å²) in [5.41, 5.74) is 0.370. The highest BCUT2D eigenvalue weighted by molar-refractivity contribution is 5.81. The van der Waals surface area contributed by atoms with E-state index in [0.717, 1.165) is 25.7 Å². The van der Waals surface area contributed by atoms with Crippen LogP contribution < -0.4 is 0 Å². The summed E-state index contributed by atoms with van der Waals surface area (Å²) >= 11 is 0. The van der Waals surface area contributed by atoms with E-state index >= 15 is 0 Å². The smallest absolute Gasteiger partial charge is 0.159 e. The Hall–Kier alpha value is -1.27. The number of ether oxygens (including phenoxy) is 1. The fourth-order valence-corrected chi connectivity index (χ4v) is 8.60. The molecule has 1 unspecified atom stereocenters. The minimum absolute atomic E-state index is 0.0298. The van der Waals surface area contributed by atoms with Crippen molar-refractivity contribution in [1.29, 1.82) is 0 Å². The Kier molecular flexibility index (Phi) is 5.09. The lowest BCUT2D eigenvalue weighted by Gasteiger charge is -2.61. The number of carbonyl (C=O) groups is 1. The molecule has 6 heteroatoms. The van der Waals surface area contributed by atoms with Crippen molar-refractivity contribution in [2.75, 3.05) is 7.11 Å². The first kappa shape index (κ1) is 20.6. The van der Waals surface area contributed by atoms with Gasteiger partial charge < -0.3 is 9.84 Å². The number of aliphatic hydroxyl groups excluding tert-OH is 1. The highest BCUT2D eigenvalue weighted by Gasteiger charge is 2.62. The van der Waals surface area contributed by atoms with Gasteiger partial charge in [0.1, 0.15) is 6.54 Å². The Labute approximate surface area is 179 Å². The molecule has 4 aliphatic carbocycles. The molecular formula is C24H37N3O3. The zero-order valence-corrected chi connectivity index (χ0v) is 18.7. The number of aliphatic hydroxyl groups is 1. The van der Waals surface area contributed by atoms with Crippen LogP contribution in [-0.4, -0.2) is 45.2 Å². The van der Waals surface area contributed by atoms with Gasteiger partial charge in [0.25, 0.3) is 0 Å². The Bertz CT molecular complexity index is 783. The molecule has 0 radical (unpaired) electrons. The van der Waals surface area contributed by atoms with E-state index < -0.39 is 0 Å². The summed E-state index contributed by atoms with van der Waals surface area (Å²) in [5.74, 6) is 3.10. The Morgan fingerprint density at radius 2 is 1.83 bits per heavy atom. The fraction of sp³-hybridized carbons (Fsp3) is 0.875. The van der Waals surface area contributed by atoms with Gasteiger partial charge in [-0.25, -0.2) is 0 Å². The molecule has 0 spiro atoms. The van der Waals surface area contributed by atoms with E-state index in [1.54, 1.807) is 19.5 Å². The summed E-state index contributed by atoms with van der Waals surface area (Å²) in [6.45, 7) is 5.19. The van der Waals surface area contributed by atoms with Crippen molar-refractivity contribution < 1.29 is 14.6 Å². The molecule has 0 amide bonds. The number of hydrogen-bond acceptors (Lipinski definition) is 5. The van der Waals surface area contributed by atoms with Crippen LogP contribution in [0.5, 0.6) is 0 Å². The number of carbonyl (C=O) groups excluding carboxylic acids is 1.